The molecule has 1 amide bonds. The van der Waals surface area contributed by atoms with Gasteiger partial charge in [-0.15, -0.1) is 0 Å². The molecular formula is C24H34N6O. The summed E-state index contributed by atoms with van der Waals surface area (Å²) in [7, 11) is 0. The van der Waals surface area contributed by atoms with Crippen LogP contribution in [0.1, 0.15) is 44.9 Å². The summed E-state index contributed by atoms with van der Waals surface area (Å²) in [5.74, 6) is 2.62. The minimum atomic E-state index is 0.385. The zero-order valence-corrected chi connectivity index (χ0v) is 18.3. The van der Waals surface area contributed by atoms with Crippen molar-refractivity contribution in [1.82, 2.24) is 19.8 Å². The van der Waals surface area contributed by atoms with Gasteiger partial charge in [-0.3, -0.25) is 9.69 Å². The molecule has 3 aliphatic rings. The van der Waals surface area contributed by atoms with Crippen LogP contribution in [-0.2, 0) is 4.79 Å². The van der Waals surface area contributed by atoms with E-state index in [2.05, 4.69) is 25.1 Å². The number of carbonyl (C=O) groups excluding carboxylic acids is 1. The average molecular weight is 423 g/mol. The Hall–Kier alpha value is -2.41. The van der Waals surface area contributed by atoms with Crippen LogP contribution in [0.4, 0.5) is 11.5 Å². The molecule has 2 saturated carbocycles. The monoisotopic (exact) mass is 422 g/mol. The van der Waals surface area contributed by atoms with Crippen molar-refractivity contribution in [3.05, 3.63) is 24.5 Å². The Morgan fingerprint density at radius 2 is 1.74 bits per heavy atom. The maximum atomic E-state index is 12.3. The lowest BCUT2D eigenvalue weighted by molar-refractivity contribution is -0.133. The summed E-state index contributed by atoms with van der Waals surface area (Å²) in [4.78, 5) is 25.9. The first-order valence-corrected chi connectivity index (χ1v) is 11.9. The number of nitrogens with two attached hydrogens (primary N) is 1. The second-order valence-electron chi connectivity index (χ2n) is 9.62. The molecule has 0 bridgehead atoms. The Morgan fingerprint density at radius 1 is 1.00 bits per heavy atom. The summed E-state index contributed by atoms with van der Waals surface area (Å²) in [6.07, 6.45) is 9.89. The topological polar surface area (TPSA) is 87.4 Å². The highest BCUT2D eigenvalue weighted by Crippen LogP contribution is 2.33. The average Bonchev–Trinajstić information content (AvgIpc) is 3.62. The zero-order valence-electron chi connectivity index (χ0n) is 18.3. The number of benzene rings is 1. The molecule has 0 unspecified atom stereocenters. The minimum absolute atomic E-state index is 0.385. The Bertz CT molecular complexity index is 913. The number of amides is 1. The van der Waals surface area contributed by atoms with Gasteiger partial charge in [-0.05, 0) is 68.6 Å². The smallest absolute Gasteiger partial charge is 0.222 e. The largest absolute Gasteiger partial charge is 0.399 e. The van der Waals surface area contributed by atoms with Gasteiger partial charge in [-0.25, -0.2) is 9.97 Å². The van der Waals surface area contributed by atoms with E-state index in [1.165, 1.54) is 38.5 Å². The standard InChI is InChI=1S/C24H34N6O/c25-19-5-8-22-21(14-19)24(28-16-27-22)26-15-18-3-6-20(7-4-18)29-9-11-30(12-10-29)23(31)13-17-1-2-17/h5,8,14,16-18,20H,1-4,6-7,9-13,15,25H2,(H,26,27,28). The molecule has 3 N–H and O–H groups in total. The third kappa shape index (κ3) is 4.92. The summed E-state index contributed by atoms with van der Waals surface area (Å²) in [6, 6.07) is 6.45. The lowest BCUT2D eigenvalue weighted by atomic mass is 9.85. The quantitative estimate of drug-likeness (QED) is 0.696. The fraction of sp³-hybridized carbons (Fsp3) is 0.625. The number of aromatic nitrogens is 2. The Kier molecular flexibility index (Phi) is 5.94. The number of anilines is 2. The van der Waals surface area contributed by atoms with E-state index in [0.29, 0.717) is 23.8 Å². The van der Waals surface area contributed by atoms with E-state index >= 15 is 0 Å². The number of nitrogens with zero attached hydrogens (tertiary/aromatic N) is 4. The van der Waals surface area contributed by atoms with E-state index in [0.717, 1.165) is 61.6 Å². The number of carbonyl (C=O) groups is 1. The molecule has 0 atom stereocenters. The van der Waals surface area contributed by atoms with Gasteiger partial charge < -0.3 is 16.0 Å². The van der Waals surface area contributed by atoms with Crippen LogP contribution < -0.4 is 11.1 Å². The van der Waals surface area contributed by atoms with Crippen LogP contribution in [0.25, 0.3) is 10.9 Å². The Balaban J connectivity index is 1.07. The number of piperazine rings is 1. The van der Waals surface area contributed by atoms with Crippen molar-refractivity contribution in [1.29, 1.82) is 0 Å². The number of nitrogen functional groups attached to an aromatic ring is 1. The lowest BCUT2D eigenvalue weighted by Gasteiger charge is -2.42. The van der Waals surface area contributed by atoms with Crippen molar-refractivity contribution in [3.8, 4) is 0 Å². The SMILES string of the molecule is Nc1ccc2ncnc(NCC3CCC(N4CCN(C(=O)CC5CC5)CC4)CC3)c2c1. The van der Waals surface area contributed by atoms with Crippen LogP contribution in [0.15, 0.2) is 24.5 Å². The molecule has 31 heavy (non-hydrogen) atoms. The van der Waals surface area contributed by atoms with E-state index in [9.17, 15) is 4.79 Å². The molecule has 2 aliphatic carbocycles. The van der Waals surface area contributed by atoms with Gasteiger partial charge in [-0.2, -0.15) is 0 Å². The third-order valence-corrected chi connectivity index (χ3v) is 7.38. The van der Waals surface area contributed by atoms with Crippen molar-refractivity contribution >= 4 is 28.3 Å². The first kappa shape index (κ1) is 20.5. The fourth-order valence-electron chi connectivity index (χ4n) is 5.20. The van der Waals surface area contributed by atoms with Crippen LogP contribution >= 0.6 is 0 Å². The summed E-state index contributed by atoms with van der Waals surface area (Å²) in [5, 5.41) is 4.54. The third-order valence-electron chi connectivity index (χ3n) is 7.38. The molecule has 7 nitrogen and oxygen atoms in total. The molecule has 0 spiro atoms. The lowest BCUT2D eigenvalue weighted by Crippen LogP contribution is -2.52. The first-order valence-electron chi connectivity index (χ1n) is 11.9. The second-order valence-corrected chi connectivity index (χ2v) is 9.62. The molecule has 1 aromatic carbocycles. The van der Waals surface area contributed by atoms with E-state index in [1.54, 1.807) is 6.33 Å². The predicted octanol–water partition coefficient (Wildman–Crippen LogP) is 3.13. The van der Waals surface area contributed by atoms with Gasteiger partial charge in [0.15, 0.2) is 0 Å². The fourth-order valence-corrected chi connectivity index (χ4v) is 5.20. The maximum absolute atomic E-state index is 12.3. The molecule has 1 aliphatic heterocycles. The summed E-state index contributed by atoms with van der Waals surface area (Å²) >= 11 is 0. The summed E-state index contributed by atoms with van der Waals surface area (Å²) in [6.45, 7) is 4.85. The molecule has 1 saturated heterocycles. The van der Waals surface area contributed by atoms with Crippen molar-refractivity contribution in [2.75, 3.05) is 43.8 Å². The normalized spacial score (nSPS) is 25.0. The molecule has 3 fully saturated rings. The van der Waals surface area contributed by atoms with Crippen molar-refractivity contribution < 1.29 is 4.79 Å². The summed E-state index contributed by atoms with van der Waals surface area (Å²) in [5.41, 5.74) is 7.61. The molecule has 2 aromatic rings. The highest BCUT2D eigenvalue weighted by molar-refractivity contribution is 5.91. The number of fused-ring (bicyclic) bond motifs is 1. The van der Waals surface area contributed by atoms with Gasteiger partial charge in [0, 0.05) is 56.3 Å². The summed E-state index contributed by atoms with van der Waals surface area (Å²) < 4.78 is 0. The predicted molar refractivity (Wildman–Crippen MR) is 124 cm³/mol. The minimum Gasteiger partial charge on any atom is -0.399 e. The number of hydrogen-bond donors (Lipinski definition) is 2. The molecule has 166 valence electrons. The number of nitrogens with one attached hydrogen (secondary N) is 1. The number of rotatable bonds is 6. The van der Waals surface area contributed by atoms with Gasteiger partial charge in [0.1, 0.15) is 12.1 Å². The Morgan fingerprint density at radius 3 is 2.48 bits per heavy atom. The van der Waals surface area contributed by atoms with Gasteiger partial charge in [0.2, 0.25) is 5.91 Å². The van der Waals surface area contributed by atoms with E-state index in [1.807, 2.05) is 18.2 Å². The van der Waals surface area contributed by atoms with Crippen molar-refractivity contribution in [2.24, 2.45) is 11.8 Å². The van der Waals surface area contributed by atoms with Crippen molar-refractivity contribution in [2.45, 2.75) is 51.0 Å². The molecule has 2 heterocycles. The molecule has 5 rings (SSSR count). The van der Waals surface area contributed by atoms with E-state index in [4.69, 9.17) is 5.73 Å². The van der Waals surface area contributed by atoms with Gasteiger partial charge in [-0.1, -0.05) is 0 Å². The van der Waals surface area contributed by atoms with Crippen molar-refractivity contribution in [3.63, 3.8) is 0 Å². The Labute approximate surface area is 184 Å². The highest BCUT2D eigenvalue weighted by atomic mass is 16.2. The molecule has 1 aromatic heterocycles. The van der Waals surface area contributed by atoms with Crippen LogP contribution in [0.5, 0.6) is 0 Å². The number of hydrogen-bond acceptors (Lipinski definition) is 6. The van der Waals surface area contributed by atoms with E-state index < -0.39 is 0 Å². The molecule has 7 heteroatoms. The second kappa shape index (κ2) is 8.99. The zero-order chi connectivity index (χ0) is 21.2. The highest BCUT2D eigenvalue weighted by Gasteiger charge is 2.31. The van der Waals surface area contributed by atoms with Gasteiger partial charge in [0.05, 0.1) is 5.52 Å². The van der Waals surface area contributed by atoms with Gasteiger partial charge in [0.25, 0.3) is 0 Å². The van der Waals surface area contributed by atoms with E-state index in [-0.39, 0.29) is 0 Å². The molecule has 0 radical (unpaired) electrons. The first-order chi connectivity index (χ1) is 15.2. The van der Waals surface area contributed by atoms with Crippen LogP contribution in [0, 0.1) is 11.8 Å². The maximum Gasteiger partial charge on any atom is 0.222 e. The van der Waals surface area contributed by atoms with Crippen LogP contribution in [0.2, 0.25) is 0 Å². The van der Waals surface area contributed by atoms with Crippen LogP contribution in [0.3, 0.4) is 0 Å². The van der Waals surface area contributed by atoms with Crippen LogP contribution in [-0.4, -0.2) is 64.4 Å². The van der Waals surface area contributed by atoms with Gasteiger partial charge >= 0.3 is 0 Å². The molecular weight excluding hydrogens is 388 g/mol.